The highest BCUT2D eigenvalue weighted by Gasteiger charge is 2.36. The lowest BCUT2D eigenvalue weighted by atomic mass is 10.0. The van der Waals surface area contributed by atoms with Gasteiger partial charge in [-0.25, -0.2) is 4.39 Å². The Balaban J connectivity index is 1.54. The number of anilines is 1. The molecule has 0 spiro atoms. The molecule has 5 nitrogen and oxygen atoms in total. The summed E-state index contributed by atoms with van der Waals surface area (Å²) in [5, 5.41) is 2.86. The average Bonchev–Trinajstić information content (AvgIpc) is 2.97. The van der Waals surface area contributed by atoms with E-state index >= 15 is 0 Å². The van der Waals surface area contributed by atoms with Gasteiger partial charge in [-0.05, 0) is 55.2 Å². The van der Waals surface area contributed by atoms with Crippen LogP contribution in [0.4, 0.5) is 10.1 Å². The molecular weight excluding hydrogens is 357 g/mol. The van der Waals surface area contributed by atoms with Gasteiger partial charge in [0.2, 0.25) is 0 Å². The van der Waals surface area contributed by atoms with Crippen molar-refractivity contribution in [1.82, 2.24) is 10.2 Å². The number of hydrogen-bond donors (Lipinski definition) is 1. The smallest absolute Gasteiger partial charge is 0.257 e. The third kappa shape index (κ3) is 3.46. The number of benzene rings is 2. The van der Waals surface area contributed by atoms with E-state index in [0.29, 0.717) is 17.7 Å². The van der Waals surface area contributed by atoms with Gasteiger partial charge in [0.05, 0.1) is 11.3 Å². The van der Waals surface area contributed by atoms with Crippen LogP contribution in [0.5, 0.6) is 0 Å². The van der Waals surface area contributed by atoms with Crippen molar-refractivity contribution in [1.29, 1.82) is 0 Å². The molecule has 146 valence electrons. The molecule has 1 atom stereocenters. The van der Waals surface area contributed by atoms with Crippen molar-refractivity contribution in [3.8, 4) is 0 Å². The summed E-state index contributed by atoms with van der Waals surface area (Å²) in [5.41, 5.74) is 2.80. The minimum Gasteiger partial charge on any atom is -0.354 e. The first-order valence-corrected chi connectivity index (χ1v) is 9.75. The third-order valence-corrected chi connectivity index (χ3v) is 5.67. The average molecular weight is 381 g/mol. The SMILES string of the molecule is CN1c2cc(C(=O)NCc3ccc(F)cc3)ccc2C(=O)N2CCCCCC21. The van der Waals surface area contributed by atoms with Crippen LogP contribution in [-0.4, -0.2) is 36.5 Å². The van der Waals surface area contributed by atoms with Crippen molar-refractivity contribution in [3.63, 3.8) is 0 Å². The van der Waals surface area contributed by atoms with Crippen LogP contribution < -0.4 is 10.2 Å². The summed E-state index contributed by atoms with van der Waals surface area (Å²) in [7, 11) is 1.99. The van der Waals surface area contributed by atoms with Crippen LogP contribution in [0, 0.1) is 5.82 Å². The maximum atomic E-state index is 13.0. The van der Waals surface area contributed by atoms with Gasteiger partial charge in [0.25, 0.3) is 11.8 Å². The van der Waals surface area contributed by atoms with E-state index in [4.69, 9.17) is 0 Å². The monoisotopic (exact) mass is 381 g/mol. The number of halogens is 1. The number of nitrogens with one attached hydrogen (secondary N) is 1. The molecule has 0 bridgehead atoms. The summed E-state index contributed by atoms with van der Waals surface area (Å²) in [5.74, 6) is -0.459. The molecule has 6 heteroatoms. The molecule has 0 aromatic heterocycles. The van der Waals surface area contributed by atoms with Gasteiger partial charge in [-0.1, -0.05) is 18.6 Å². The summed E-state index contributed by atoms with van der Waals surface area (Å²) in [6.07, 6.45) is 4.28. The van der Waals surface area contributed by atoms with Crippen molar-refractivity contribution < 1.29 is 14.0 Å². The molecule has 2 aromatic rings. The molecule has 2 heterocycles. The van der Waals surface area contributed by atoms with Crippen LogP contribution in [0.1, 0.15) is 52.0 Å². The predicted molar refractivity (Wildman–Crippen MR) is 106 cm³/mol. The van der Waals surface area contributed by atoms with Crippen LogP contribution in [0.15, 0.2) is 42.5 Å². The lowest BCUT2D eigenvalue weighted by Gasteiger charge is -2.43. The first kappa shape index (κ1) is 18.5. The molecule has 0 saturated carbocycles. The topological polar surface area (TPSA) is 52.7 Å². The van der Waals surface area contributed by atoms with Crippen LogP contribution >= 0.6 is 0 Å². The molecule has 1 unspecified atom stereocenters. The van der Waals surface area contributed by atoms with Crippen molar-refractivity contribution in [2.45, 2.75) is 38.4 Å². The Bertz CT molecular complexity index is 897. The summed E-state index contributed by atoms with van der Waals surface area (Å²) in [4.78, 5) is 29.6. The Hall–Kier alpha value is -2.89. The quantitative estimate of drug-likeness (QED) is 0.885. The lowest BCUT2D eigenvalue weighted by molar-refractivity contribution is 0.0661. The van der Waals surface area contributed by atoms with E-state index in [1.165, 1.54) is 12.1 Å². The summed E-state index contributed by atoms with van der Waals surface area (Å²) in [6.45, 7) is 1.11. The van der Waals surface area contributed by atoms with E-state index < -0.39 is 0 Å². The fourth-order valence-corrected chi connectivity index (χ4v) is 4.08. The van der Waals surface area contributed by atoms with Gasteiger partial charge in [0.15, 0.2) is 0 Å². The van der Waals surface area contributed by atoms with Gasteiger partial charge in [-0.2, -0.15) is 0 Å². The normalized spacial score (nSPS) is 18.9. The van der Waals surface area contributed by atoms with E-state index in [1.807, 2.05) is 11.9 Å². The minimum absolute atomic E-state index is 0.0540. The summed E-state index contributed by atoms with van der Waals surface area (Å²) < 4.78 is 13.0. The van der Waals surface area contributed by atoms with Crippen molar-refractivity contribution in [2.75, 3.05) is 18.5 Å². The van der Waals surface area contributed by atoms with Crippen LogP contribution in [0.25, 0.3) is 0 Å². The van der Waals surface area contributed by atoms with Crippen molar-refractivity contribution in [3.05, 3.63) is 65.0 Å². The number of nitrogens with zero attached hydrogens (tertiary/aromatic N) is 2. The van der Waals surface area contributed by atoms with Crippen LogP contribution in [-0.2, 0) is 6.54 Å². The van der Waals surface area contributed by atoms with Crippen molar-refractivity contribution in [2.24, 2.45) is 0 Å². The van der Waals surface area contributed by atoms with Crippen molar-refractivity contribution >= 4 is 17.5 Å². The van der Waals surface area contributed by atoms with Crippen LogP contribution in [0.3, 0.4) is 0 Å². The highest BCUT2D eigenvalue weighted by Crippen LogP contribution is 2.34. The Kier molecular flexibility index (Phi) is 5.03. The Morgan fingerprint density at radius 2 is 1.93 bits per heavy atom. The fraction of sp³-hybridized carbons (Fsp3) is 0.364. The van der Waals surface area contributed by atoms with Gasteiger partial charge in [-0.15, -0.1) is 0 Å². The van der Waals surface area contributed by atoms with Gasteiger partial charge in [0, 0.05) is 25.7 Å². The molecule has 0 aliphatic carbocycles. The maximum absolute atomic E-state index is 13.0. The van der Waals surface area contributed by atoms with Gasteiger partial charge >= 0.3 is 0 Å². The van der Waals surface area contributed by atoms with E-state index in [9.17, 15) is 14.0 Å². The molecule has 28 heavy (non-hydrogen) atoms. The molecule has 1 N–H and O–H groups in total. The number of rotatable bonds is 3. The Labute approximate surface area is 164 Å². The first-order valence-electron chi connectivity index (χ1n) is 9.75. The zero-order valence-electron chi connectivity index (χ0n) is 16.0. The highest BCUT2D eigenvalue weighted by atomic mass is 19.1. The number of amides is 2. The number of carbonyl (C=O) groups excluding carboxylic acids is 2. The second kappa shape index (κ2) is 7.62. The lowest BCUT2D eigenvalue weighted by Crippen LogP contribution is -2.53. The maximum Gasteiger partial charge on any atom is 0.257 e. The second-order valence-electron chi connectivity index (χ2n) is 7.48. The van der Waals surface area contributed by atoms with Gasteiger partial charge in [-0.3, -0.25) is 9.59 Å². The van der Waals surface area contributed by atoms with E-state index in [-0.39, 0.29) is 23.8 Å². The largest absolute Gasteiger partial charge is 0.354 e. The Morgan fingerprint density at radius 1 is 1.14 bits per heavy atom. The zero-order chi connectivity index (χ0) is 19.7. The molecule has 1 fully saturated rings. The molecule has 2 aliphatic rings. The number of hydrogen-bond acceptors (Lipinski definition) is 3. The molecule has 1 saturated heterocycles. The van der Waals surface area contributed by atoms with Crippen LogP contribution in [0.2, 0.25) is 0 Å². The molecule has 2 aliphatic heterocycles. The third-order valence-electron chi connectivity index (χ3n) is 5.67. The van der Waals surface area contributed by atoms with E-state index in [0.717, 1.165) is 43.5 Å². The molecule has 0 radical (unpaired) electrons. The standard InChI is InChI=1S/C22H24FN3O2/c1-25-19-13-16(21(27)24-14-15-6-9-17(23)10-7-15)8-11-18(19)22(28)26-12-4-2-3-5-20(25)26/h6-11,13,20H,2-5,12,14H2,1H3,(H,24,27). The minimum atomic E-state index is -0.301. The summed E-state index contributed by atoms with van der Waals surface area (Å²) in [6, 6.07) is 11.3. The molecule has 2 aromatic carbocycles. The molecule has 4 rings (SSSR count). The number of fused-ring (bicyclic) bond motifs is 2. The second-order valence-corrected chi connectivity index (χ2v) is 7.48. The van der Waals surface area contributed by atoms with Gasteiger partial charge < -0.3 is 15.1 Å². The van der Waals surface area contributed by atoms with E-state index in [2.05, 4.69) is 10.2 Å². The molecular formula is C22H24FN3O2. The number of carbonyl (C=O) groups is 2. The summed E-state index contributed by atoms with van der Waals surface area (Å²) >= 11 is 0. The highest BCUT2D eigenvalue weighted by molar-refractivity contribution is 6.04. The van der Waals surface area contributed by atoms with E-state index in [1.54, 1.807) is 30.3 Å². The predicted octanol–water partition coefficient (Wildman–Crippen LogP) is 3.55. The van der Waals surface area contributed by atoms with Gasteiger partial charge in [0.1, 0.15) is 12.0 Å². The fourth-order valence-electron chi connectivity index (χ4n) is 4.08. The molecule has 2 amide bonds. The first-order chi connectivity index (χ1) is 13.5. The zero-order valence-corrected chi connectivity index (χ0v) is 16.0. The Morgan fingerprint density at radius 3 is 2.71 bits per heavy atom.